The number of benzene rings is 1. The quantitative estimate of drug-likeness (QED) is 0.363. The summed E-state index contributed by atoms with van der Waals surface area (Å²) in [4.78, 5) is 49.8. The summed E-state index contributed by atoms with van der Waals surface area (Å²) in [6.07, 6.45) is 0. The first-order chi connectivity index (χ1) is 12.5. The van der Waals surface area contributed by atoms with Crippen LogP contribution in [-0.4, -0.2) is 48.9 Å². The van der Waals surface area contributed by atoms with Gasteiger partial charge in [-0.3, -0.25) is 9.59 Å². The second-order valence-electron chi connectivity index (χ2n) is 5.63. The Hall–Kier alpha value is -3.16. The van der Waals surface area contributed by atoms with Crippen molar-refractivity contribution in [1.29, 1.82) is 0 Å². The molecule has 1 aromatic rings. The Balaban J connectivity index is 2.01. The molecule has 0 unspecified atom stereocenters. The zero-order valence-electron chi connectivity index (χ0n) is 14.3. The number of nitrogens with one attached hydrogen (secondary N) is 1. The average molecular weight is 359 g/mol. The van der Waals surface area contributed by atoms with Gasteiger partial charge in [0, 0.05) is 11.1 Å². The molecule has 136 valence electrons. The van der Waals surface area contributed by atoms with Crippen molar-refractivity contribution < 1.29 is 33.4 Å². The minimum absolute atomic E-state index is 0.0263. The lowest BCUT2D eigenvalue weighted by atomic mass is 10.1. The van der Waals surface area contributed by atoms with Crippen LogP contribution in [-0.2, 0) is 23.8 Å². The first kappa shape index (κ1) is 17.7. The molecule has 1 fully saturated rings. The van der Waals surface area contributed by atoms with E-state index in [0.717, 1.165) is 0 Å². The molecule has 1 aliphatic heterocycles. The number of hydrogen-bond donors (Lipinski definition) is 1. The lowest BCUT2D eigenvalue weighted by Gasteiger charge is -2.22. The highest BCUT2D eigenvalue weighted by molar-refractivity contribution is 6.39. The van der Waals surface area contributed by atoms with Crippen molar-refractivity contribution in [2.24, 2.45) is 0 Å². The van der Waals surface area contributed by atoms with Crippen LogP contribution in [0.5, 0.6) is 0 Å². The zero-order chi connectivity index (χ0) is 18.9. The number of ketones is 2. The van der Waals surface area contributed by atoms with Gasteiger partial charge in [-0.15, -0.1) is 0 Å². The molecule has 1 N–H and O–H groups in total. The summed E-state index contributed by atoms with van der Waals surface area (Å²) in [6.45, 7) is 2.91. The number of Topliss-reactive ketones (excluding diaryl/α,β-unsaturated/α-hetero) is 2. The summed E-state index contributed by atoms with van der Waals surface area (Å²) in [5, 5.41) is 2.68. The van der Waals surface area contributed by atoms with Crippen molar-refractivity contribution >= 4 is 23.5 Å². The minimum Gasteiger partial charge on any atom is -0.463 e. The van der Waals surface area contributed by atoms with Gasteiger partial charge in [0.15, 0.2) is 0 Å². The second-order valence-corrected chi connectivity index (χ2v) is 5.63. The topological polar surface area (TPSA) is 108 Å². The largest absolute Gasteiger partial charge is 0.463 e. The van der Waals surface area contributed by atoms with Gasteiger partial charge in [-0.05, 0) is 13.8 Å². The van der Waals surface area contributed by atoms with E-state index in [1.165, 1.54) is 12.1 Å². The second kappa shape index (κ2) is 6.62. The lowest BCUT2D eigenvalue weighted by Crippen LogP contribution is -2.51. The Bertz CT molecular complexity index is 785. The molecule has 1 aromatic carbocycles. The Labute approximate surface area is 149 Å². The van der Waals surface area contributed by atoms with E-state index in [-0.39, 0.29) is 42.3 Å². The van der Waals surface area contributed by atoms with E-state index >= 15 is 0 Å². The molecule has 0 bridgehead atoms. The maximum absolute atomic E-state index is 12.6. The monoisotopic (exact) mass is 359 g/mol. The van der Waals surface area contributed by atoms with Crippen molar-refractivity contribution in [1.82, 2.24) is 5.32 Å². The van der Waals surface area contributed by atoms with Crippen LogP contribution in [0.25, 0.3) is 0 Å². The number of esters is 2. The lowest BCUT2D eigenvalue weighted by molar-refractivity contribution is -0.180. The normalized spacial score (nSPS) is 17.5. The van der Waals surface area contributed by atoms with Crippen LogP contribution in [0.3, 0.4) is 0 Å². The maximum atomic E-state index is 12.6. The molecule has 1 saturated heterocycles. The van der Waals surface area contributed by atoms with Crippen LogP contribution in [0.1, 0.15) is 34.6 Å². The van der Waals surface area contributed by atoms with Gasteiger partial charge in [0.2, 0.25) is 17.4 Å². The molecule has 3 rings (SSSR count). The molecule has 26 heavy (non-hydrogen) atoms. The fraction of sp³-hybridized carbons (Fsp3) is 0.333. The highest BCUT2D eigenvalue weighted by atomic mass is 16.6. The summed E-state index contributed by atoms with van der Waals surface area (Å²) < 4.78 is 15.4. The van der Waals surface area contributed by atoms with Crippen molar-refractivity contribution in [3.05, 3.63) is 46.8 Å². The molecule has 0 amide bonds. The van der Waals surface area contributed by atoms with E-state index in [4.69, 9.17) is 14.2 Å². The molecule has 0 aromatic heterocycles. The maximum Gasteiger partial charge on any atom is 0.364 e. The van der Waals surface area contributed by atoms with E-state index in [2.05, 4.69) is 5.32 Å². The number of fused-ring (bicyclic) bond motifs is 1. The van der Waals surface area contributed by atoms with Crippen molar-refractivity contribution in [2.75, 3.05) is 19.8 Å². The van der Waals surface area contributed by atoms with Gasteiger partial charge in [0.25, 0.3) is 0 Å². The van der Waals surface area contributed by atoms with Gasteiger partial charge in [-0.1, -0.05) is 24.3 Å². The van der Waals surface area contributed by atoms with Crippen LogP contribution in [0.15, 0.2) is 35.7 Å². The molecule has 0 spiro atoms. The highest BCUT2D eigenvalue weighted by Crippen LogP contribution is 2.33. The predicted octanol–water partition coefficient (Wildman–Crippen LogP) is 0.762. The summed E-state index contributed by atoms with van der Waals surface area (Å²) in [5.41, 5.74) is -1.85. The summed E-state index contributed by atoms with van der Waals surface area (Å²) >= 11 is 0. The van der Waals surface area contributed by atoms with Crippen LogP contribution >= 0.6 is 0 Å². The molecule has 1 aliphatic carbocycles. The number of carbonyl (C=O) groups is 4. The average Bonchev–Trinajstić information content (AvgIpc) is 3.17. The van der Waals surface area contributed by atoms with Gasteiger partial charge in [-0.2, -0.15) is 0 Å². The van der Waals surface area contributed by atoms with Crippen LogP contribution in [0.2, 0.25) is 0 Å². The summed E-state index contributed by atoms with van der Waals surface area (Å²) in [6, 6.07) is 6.34. The van der Waals surface area contributed by atoms with Gasteiger partial charge < -0.3 is 19.5 Å². The van der Waals surface area contributed by atoms with Crippen LogP contribution in [0, 0.1) is 0 Å². The van der Waals surface area contributed by atoms with Gasteiger partial charge >= 0.3 is 17.5 Å². The first-order valence-corrected chi connectivity index (χ1v) is 8.16. The van der Waals surface area contributed by atoms with Crippen molar-refractivity contribution in [2.45, 2.75) is 19.4 Å². The molecule has 8 nitrogen and oxygen atoms in total. The zero-order valence-corrected chi connectivity index (χ0v) is 14.3. The van der Waals surface area contributed by atoms with E-state index in [0.29, 0.717) is 0 Å². The van der Waals surface area contributed by atoms with Gasteiger partial charge in [-0.25, -0.2) is 9.59 Å². The number of rotatable bonds is 4. The fourth-order valence-corrected chi connectivity index (χ4v) is 2.85. The van der Waals surface area contributed by atoms with E-state index < -0.39 is 29.1 Å². The fourth-order valence-electron chi connectivity index (χ4n) is 2.85. The molecule has 1 heterocycles. The standard InChI is InChI=1S/C18H17NO7/c1-3-24-16(22)18(17(23)25-4-2)9-19-15(26-18)12-13(20)10-7-5-6-8-11(10)14(12)21/h5-8,19H,3-4,9H2,1-2H3. The highest BCUT2D eigenvalue weighted by Gasteiger charge is 2.57. The molecule has 0 atom stereocenters. The van der Waals surface area contributed by atoms with Crippen LogP contribution in [0.4, 0.5) is 0 Å². The SMILES string of the molecule is CCOC(=O)C1(C(=O)OCC)CNC(=C2C(=O)c3ccccc3C2=O)O1. The van der Waals surface area contributed by atoms with E-state index in [9.17, 15) is 19.2 Å². The molecular formula is C18H17NO7. The number of hydrogen-bond acceptors (Lipinski definition) is 8. The first-order valence-electron chi connectivity index (χ1n) is 8.16. The van der Waals surface area contributed by atoms with Crippen LogP contribution < -0.4 is 5.32 Å². The Morgan fingerprint density at radius 3 is 2.00 bits per heavy atom. The number of carbonyl (C=O) groups excluding carboxylic acids is 4. The van der Waals surface area contributed by atoms with E-state index in [1.807, 2.05) is 0 Å². The van der Waals surface area contributed by atoms with E-state index in [1.54, 1.807) is 26.0 Å². The molecule has 0 saturated carbocycles. The van der Waals surface area contributed by atoms with Crippen molar-refractivity contribution in [3.8, 4) is 0 Å². The third-order valence-electron chi connectivity index (χ3n) is 4.08. The number of ether oxygens (including phenoxy) is 3. The summed E-state index contributed by atoms with van der Waals surface area (Å²) in [5.74, 6) is -3.18. The molecule has 8 heteroatoms. The minimum atomic E-state index is -2.09. The van der Waals surface area contributed by atoms with Gasteiger partial charge in [0.1, 0.15) is 5.57 Å². The Kier molecular flexibility index (Phi) is 4.50. The molecule has 0 radical (unpaired) electrons. The molecule has 2 aliphatic rings. The van der Waals surface area contributed by atoms with Crippen molar-refractivity contribution in [3.63, 3.8) is 0 Å². The third kappa shape index (κ3) is 2.54. The third-order valence-corrected chi connectivity index (χ3v) is 4.08. The Morgan fingerprint density at radius 2 is 1.54 bits per heavy atom. The Morgan fingerprint density at radius 1 is 1.04 bits per heavy atom. The molecular weight excluding hydrogens is 342 g/mol. The predicted molar refractivity (Wildman–Crippen MR) is 87.2 cm³/mol. The summed E-state index contributed by atoms with van der Waals surface area (Å²) in [7, 11) is 0. The smallest absolute Gasteiger partial charge is 0.364 e. The van der Waals surface area contributed by atoms with Gasteiger partial charge in [0.05, 0.1) is 19.8 Å². The number of allylic oxidation sites excluding steroid dienone is 1.